The highest BCUT2D eigenvalue weighted by Gasteiger charge is 2.53. The molecule has 3 fully saturated rings. The Balaban J connectivity index is 1.47. The topological polar surface area (TPSA) is 81.8 Å². The lowest BCUT2D eigenvalue weighted by Crippen LogP contribution is -2.51. The van der Waals surface area contributed by atoms with Crippen molar-refractivity contribution in [3.05, 3.63) is 0 Å². The lowest BCUT2D eigenvalue weighted by atomic mass is 9.67. The van der Waals surface area contributed by atoms with Crippen LogP contribution in [0.3, 0.4) is 0 Å². The molecular formula is C23H40N4O3. The molecule has 1 aliphatic carbocycles. The average Bonchev–Trinajstić information content (AvgIpc) is 2.85. The van der Waals surface area contributed by atoms with Gasteiger partial charge in [-0.05, 0) is 55.3 Å². The lowest BCUT2D eigenvalue weighted by molar-refractivity contribution is -0.136. The molecule has 2 saturated heterocycles. The Morgan fingerprint density at radius 1 is 1.13 bits per heavy atom. The van der Waals surface area contributed by atoms with Gasteiger partial charge in [0, 0.05) is 26.2 Å². The predicted octanol–water partition coefficient (Wildman–Crippen LogP) is 2.61. The number of carbonyl (C=O) groups is 3. The van der Waals surface area contributed by atoms with E-state index >= 15 is 0 Å². The Morgan fingerprint density at radius 3 is 2.30 bits per heavy atom. The van der Waals surface area contributed by atoms with E-state index in [-0.39, 0.29) is 23.8 Å². The zero-order chi connectivity index (χ0) is 22.1. The van der Waals surface area contributed by atoms with Crippen molar-refractivity contribution in [1.82, 2.24) is 20.4 Å². The molecule has 2 heterocycles. The fraction of sp³-hybridized carbons (Fsp3) is 0.870. The van der Waals surface area contributed by atoms with Crippen molar-refractivity contribution >= 4 is 17.8 Å². The normalized spacial score (nSPS) is 33.1. The van der Waals surface area contributed by atoms with Crippen molar-refractivity contribution in [3.63, 3.8) is 0 Å². The van der Waals surface area contributed by atoms with E-state index in [0.717, 1.165) is 37.4 Å². The van der Waals surface area contributed by atoms with Gasteiger partial charge in [0.1, 0.15) is 12.1 Å². The van der Waals surface area contributed by atoms with E-state index in [1.165, 1.54) is 6.42 Å². The van der Waals surface area contributed by atoms with Gasteiger partial charge in [-0.15, -0.1) is 0 Å². The number of hydrogen-bond donors (Lipinski definition) is 2. The van der Waals surface area contributed by atoms with Crippen LogP contribution in [0.25, 0.3) is 0 Å². The van der Waals surface area contributed by atoms with Crippen LogP contribution in [0, 0.1) is 23.2 Å². The predicted molar refractivity (Wildman–Crippen MR) is 117 cm³/mol. The number of imide groups is 1. The number of nitrogens with one attached hydrogen (secondary N) is 2. The highest BCUT2D eigenvalue weighted by atomic mass is 16.2. The van der Waals surface area contributed by atoms with Crippen LogP contribution in [0.15, 0.2) is 0 Å². The summed E-state index contributed by atoms with van der Waals surface area (Å²) in [6.07, 6.45) is 4.41. The molecule has 4 amide bonds. The first-order valence-corrected chi connectivity index (χ1v) is 11.6. The molecule has 170 valence electrons. The minimum Gasteiger partial charge on any atom is -0.353 e. The monoisotopic (exact) mass is 420 g/mol. The molecule has 0 aromatic heterocycles. The molecule has 2 N–H and O–H groups in total. The molecule has 0 aromatic rings. The van der Waals surface area contributed by atoms with Crippen LogP contribution < -0.4 is 10.6 Å². The number of carbonyl (C=O) groups excluding carboxylic acids is 3. The molecule has 2 aliphatic heterocycles. The molecule has 0 bridgehead atoms. The van der Waals surface area contributed by atoms with Gasteiger partial charge in [0.05, 0.1) is 0 Å². The molecule has 7 heteroatoms. The van der Waals surface area contributed by atoms with Crippen molar-refractivity contribution in [2.45, 2.75) is 72.3 Å². The summed E-state index contributed by atoms with van der Waals surface area (Å²) in [6.45, 7) is 14.5. The van der Waals surface area contributed by atoms with Crippen LogP contribution >= 0.6 is 0 Å². The molecular weight excluding hydrogens is 380 g/mol. The maximum Gasteiger partial charge on any atom is 0.325 e. The third-order valence-corrected chi connectivity index (χ3v) is 7.31. The van der Waals surface area contributed by atoms with E-state index in [1.807, 2.05) is 0 Å². The summed E-state index contributed by atoms with van der Waals surface area (Å²) in [5.41, 5.74) is -0.601. The zero-order valence-electron chi connectivity index (χ0n) is 19.4. The van der Waals surface area contributed by atoms with Crippen LogP contribution in [0.1, 0.15) is 66.7 Å². The first-order chi connectivity index (χ1) is 14.0. The third kappa shape index (κ3) is 5.16. The molecule has 7 nitrogen and oxygen atoms in total. The van der Waals surface area contributed by atoms with Crippen molar-refractivity contribution in [3.8, 4) is 0 Å². The van der Waals surface area contributed by atoms with Gasteiger partial charge in [-0.3, -0.25) is 14.5 Å². The van der Waals surface area contributed by atoms with Gasteiger partial charge in [0.25, 0.3) is 5.91 Å². The number of urea groups is 1. The smallest absolute Gasteiger partial charge is 0.325 e. The van der Waals surface area contributed by atoms with Crippen molar-refractivity contribution < 1.29 is 14.4 Å². The van der Waals surface area contributed by atoms with E-state index in [1.54, 1.807) is 0 Å². The molecule has 1 spiro atoms. The standard InChI is InChI=1S/C23H40N4O3/c1-16-12-17(2)14-26(13-16)11-10-24-19(28)15-27-20(29)23(25-21(27)30)8-6-18(7-9-23)22(3,4)5/h16-18H,6-15H2,1-5H3,(H,24,28)(H,25,30). The molecule has 2 unspecified atom stereocenters. The largest absolute Gasteiger partial charge is 0.353 e. The van der Waals surface area contributed by atoms with Crippen molar-refractivity contribution in [1.29, 1.82) is 0 Å². The minimum atomic E-state index is -0.806. The molecule has 0 radical (unpaired) electrons. The molecule has 30 heavy (non-hydrogen) atoms. The summed E-state index contributed by atoms with van der Waals surface area (Å²) >= 11 is 0. The van der Waals surface area contributed by atoms with E-state index in [2.05, 4.69) is 50.2 Å². The second-order valence-electron chi connectivity index (χ2n) is 11.1. The fourth-order valence-corrected chi connectivity index (χ4v) is 5.66. The molecule has 1 saturated carbocycles. The van der Waals surface area contributed by atoms with Gasteiger partial charge in [0.15, 0.2) is 0 Å². The van der Waals surface area contributed by atoms with Crippen LogP contribution in [-0.2, 0) is 9.59 Å². The Hall–Kier alpha value is -1.63. The summed E-state index contributed by atoms with van der Waals surface area (Å²) in [7, 11) is 0. The molecule has 2 atom stereocenters. The maximum absolute atomic E-state index is 13.0. The summed E-state index contributed by atoms with van der Waals surface area (Å²) < 4.78 is 0. The number of piperidine rings is 1. The van der Waals surface area contributed by atoms with E-state index in [0.29, 0.717) is 37.1 Å². The van der Waals surface area contributed by atoms with Crippen LogP contribution in [-0.4, -0.2) is 65.9 Å². The van der Waals surface area contributed by atoms with E-state index < -0.39 is 11.6 Å². The average molecular weight is 421 g/mol. The van der Waals surface area contributed by atoms with Gasteiger partial charge in [-0.2, -0.15) is 0 Å². The minimum absolute atomic E-state index is 0.193. The fourth-order valence-electron chi connectivity index (χ4n) is 5.66. The van der Waals surface area contributed by atoms with Crippen LogP contribution in [0.5, 0.6) is 0 Å². The second-order valence-corrected chi connectivity index (χ2v) is 11.1. The van der Waals surface area contributed by atoms with Crippen LogP contribution in [0.4, 0.5) is 4.79 Å². The first-order valence-electron chi connectivity index (χ1n) is 11.6. The molecule has 3 aliphatic rings. The maximum atomic E-state index is 13.0. The Labute approximate surface area is 181 Å². The summed E-state index contributed by atoms with van der Waals surface area (Å²) in [6, 6.07) is -0.428. The lowest BCUT2D eigenvalue weighted by Gasteiger charge is -2.40. The number of nitrogens with zero attached hydrogens (tertiary/aromatic N) is 2. The summed E-state index contributed by atoms with van der Waals surface area (Å²) in [5.74, 6) is 1.41. The Bertz CT molecular complexity index is 654. The molecule has 3 rings (SSSR count). The number of rotatable bonds is 5. The highest BCUT2D eigenvalue weighted by Crippen LogP contribution is 2.43. The third-order valence-electron chi connectivity index (χ3n) is 7.31. The van der Waals surface area contributed by atoms with Gasteiger partial charge in [0.2, 0.25) is 5.91 Å². The number of amides is 4. The van der Waals surface area contributed by atoms with Crippen molar-refractivity contribution in [2.24, 2.45) is 23.2 Å². The summed E-state index contributed by atoms with van der Waals surface area (Å²) in [5, 5.41) is 5.80. The second kappa shape index (κ2) is 8.85. The Kier molecular flexibility index (Phi) is 6.80. The van der Waals surface area contributed by atoms with E-state index in [4.69, 9.17) is 0 Å². The first kappa shape index (κ1) is 23.0. The van der Waals surface area contributed by atoms with Gasteiger partial charge in [-0.1, -0.05) is 34.6 Å². The Morgan fingerprint density at radius 2 is 1.73 bits per heavy atom. The van der Waals surface area contributed by atoms with Gasteiger partial charge < -0.3 is 15.5 Å². The van der Waals surface area contributed by atoms with Gasteiger partial charge >= 0.3 is 6.03 Å². The molecule has 0 aromatic carbocycles. The number of hydrogen-bond acceptors (Lipinski definition) is 4. The summed E-state index contributed by atoms with van der Waals surface area (Å²) in [4.78, 5) is 41.4. The van der Waals surface area contributed by atoms with Gasteiger partial charge in [-0.25, -0.2) is 4.79 Å². The number of likely N-dealkylation sites (tertiary alicyclic amines) is 1. The van der Waals surface area contributed by atoms with E-state index in [9.17, 15) is 14.4 Å². The zero-order valence-corrected chi connectivity index (χ0v) is 19.4. The van der Waals surface area contributed by atoms with Crippen LogP contribution in [0.2, 0.25) is 0 Å². The van der Waals surface area contributed by atoms with Crippen molar-refractivity contribution in [2.75, 3.05) is 32.7 Å². The SMILES string of the molecule is CC1CC(C)CN(CCNC(=O)CN2C(=O)NC3(CCC(C(C)(C)C)CC3)C2=O)C1. The highest BCUT2D eigenvalue weighted by molar-refractivity contribution is 6.09. The quantitative estimate of drug-likeness (QED) is 0.670.